The minimum atomic E-state index is -0.560. The van der Waals surface area contributed by atoms with E-state index >= 15 is 0 Å². The Morgan fingerprint density at radius 3 is 2.76 bits per heavy atom. The number of esters is 1. The first-order valence-corrected chi connectivity index (χ1v) is 6.02. The second-order valence-corrected chi connectivity index (χ2v) is 5.25. The molecule has 1 heterocycles. The van der Waals surface area contributed by atoms with Gasteiger partial charge < -0.3 is 10.5 Å². The van der Waals surface area contributed by atoms with Gasteiger partial charge in [0.1, 0.15) is 5.60 Å². The predicted molar refractivity (Wildman–Crippen MR) is 67.1 cm³/mol. The lowest BCUT2D eigenvalue weighted by atomic mass is 9.84. The molecule has 0 radical (unpaired) electrons. The molecule has 2 N–H and O–H groups in total. The summed E-state index contributed by atoms with van der Waals surface area (Å²) in [6, 6.07) is 5.83. The van der Waals surface area contributed by atoms with Crippen LogP contribution in [0, 0.1) is 0 Å². The topological polar surface area (TPSA) is 52.3 Å². The molecule has 0 bridgehead atoms. The van der Waals surface area contributed by atoms with Crippen LogP contribution < -0.4 is 5.73 Å². The van der Waals surface area contributed by atoms with Crippen molar-refractivity contribution in [3.8, 4) is 0 Å². The molecular formula is C14H19NO2. The second-order valence-electron chi connectivity index (χ2n) is 5.25. The van der Waals surface area contributed by atoms with Crippen molar-refractivity contribution in [3.63, 3.8) is 0 Å². The van der Waals surface area contributed by atoms with E-state index in [9.17, 15) is 4.79 Å². The van der Waals surface area contributed by atoms with Gasteiger partial charge in [0.05, 0.1) is 5.56 Å². The third-order valence-electron chi connectivity index (χ3n) is 3.38. The van der Waals surface area contributed by atoms with E-state index in [1.807, 2.05) is 19.1 Å². The van der Waals surface area contributed by atoms with E-state index in [4.69, 9.17) is 10.5 Å². The number of cyclic esters (lactones) is 1. The van der Waals surface area contributed by atoms with Gasteiger partial charge in [-0.3, -0.25) is 0 Å². The summed E-state index contributed by atoms with van der Waals surface area (Å²) < 4.78 is 5.42. The first-order valence-electron chi connectivity index (χ1n) is 6.02. The molecule has 1 aromatic carbocycles. The molecule has 0 aromatic heterocycles. The van der Waals surface area contributed by atoms with E-state index in [0.29, 0.717) is 24.4 Å². The molecule has 0 fully saturated rings. The number of carbonyl (C=O) groups excluding carboxylic acids is 1. The molecule has 1 aromatic rings. The smallest absolute Gasteiger partial charge is 0.339 e. The number of ether oxygens (including phenoxy) is 1. The fourth-order valence-electron chi connectivity index (χ4n) is 2.34. The van der Waals surface area contributed by atoms with Gasteiger partial charge in [-0.25, -0.2) is 4.79 Å². The minimum Gasteiger partial charge on any atom is -0.454 e. The number of fused-ring (bicyclic) bond motifs is 1. The van der Waals surface area contributed by atoms with Gasteiger partial charge in [-0.15, -0.1) is 0 Å². The van der Waals surface area contributed by atoms with E-state index in [2.05, 4.69) is 19.9 Å². The number of hydrogen-bond acceptors (Lipinski definition) is 3. The summed E-state index contributed by atoms with van der Waals surface area (Å²) in [5, 5.41) is 0. The second kappa shape index (κ2) is 4.15. The third kappa shape index (κ3) is 2.07. The number of nitrogens with two attached hydrogens (primary N) is 1. The van der Waals surface area contributed by atoms with Crippen LogP contribution in [0.4, 0.5) is 0 Å². The summed E-state index contributed by atoms with van der Waals surface area (Å²) in [4.78, 5) is 12.0. The van der Waals surface area contributed by atoms with Crippen molar-refractivity contribution in [3.05, 3.63) is 34.9 Å². The highest BCUT2D eigenvalue weighted by Crippen LogP contribution is 2.32. The summed E-state index contributed by atoms with van der Waals surface area (Å²) in [6.45, 7) is 6.51. The molecule has 3 heteroatoms. The third-order valence-corrected chi connectivity index (χ3v) is 3.38. The summed E-state index contributed by atoms with van der Waals surface area (Å²) in [5.74, 6) is 0.152. The maximum absolute atomic E-state index is 12.0. The highest BCUT2D eigenvalue weighted by molar-refractivity contribution is 5.93. The van der Waals surface area contributed by atoms with Gasteiger partial charge in [0.25, 0.3) is 0 Å². The van der Waals surface area contributed by atoms with Crippen LogP contribution in [-0.4, -0.2) is 18.1 Å². The zero-order valence-corrected chi connectivity index (χ0v) is 10.6. The normalized spacial score (nSPS) is 23.5. The molecule has 17 heavy (non-hydrogen) atoms. The van der Waals surface area contributed by atoms with E-state index in [0.717, 1.165) is 5.56 Å². The fourth-order valence-corrected chi connectivity index (χ4v) is 2.34. The van der Waals surface area contributed by atoms with Crippen molar-refractivity contribution in [1.29, 1.82) is 0 Å². The fraction of sp³-hybridized carbons (Fsp3) is 0.500. The average Bonchev–Trinajstić information content (AvgIpc) is 2.28. The molecule has 0 spiro atoms. The molecule has 1 aliphatic rings. The van der Waals surface area contributed by atoms with Crippen LogP contribution in [0.5, 0.6) is 0 Å². The summed E-state index contributed by atoms with van der Waals surface area (Å²) in [5.41, 5.74) is 8.17. The molecule has 2 rings (SSSR count). The molecule has 92 valence electrons. The molecule has 0 aliphatic carbocycles. The van der Waals surface area contributed by atoms with Crippen LogP contribution >= 0.6 is 0 Å². The van der Waals surface area contributed by atoms with Crippen molar-refractivity contribution >= 4 is 5.97 Å². The molecular weight excluding hydrogens is 214 g/mol. The molecule has 1 unspecified atom stereocenters. The largest absolute Gasteiger partial charge is 0.454 e. The lowest BCUT2D eigenvalue weighted by Gasteiger charge is -2.34. The summed E-state index contributed by atoms with van der Waals surface area (Å²) in [6.07, 6.45) is 0.707. The summed E-state index contributed by atoms with van der Waals surface area (Å²) in [7, 11) is 0. The summed E-state index contributed by atoms with van der Waals surface area (Å²) >= 11 is 0. The van der Waals surface area contributed by atoms with E-state index in [1.165, 1.54) is 5.56 Å². The Bertz CT molecular complexity index is 454. The lowest BCUT2D eigenvalue weighted by molar-refractivity contribution is -0.0112. The van der Waals surface area contributed by atoms with Crippen LogP contribution in [0.25, 0.3) is 0 Å². The molecule has 3 nitrogen and oxygen atoms in total. The quantitative estimate of drug-likeness (QED) is 0.797. The van der Waals surface area contributed by atoms with Crippen molar-refractivity contribution in [2.24, 2.45) is 5.73 Å². The van der Waals surface area contributed by atoms with E-state index < -0.39 is 5.60 Å². The van der Waals surface area contributed by atoms with Gasteiger partial charge in [-0.2, -0.15) is 0 Å². The number of rotatable bonds is 2. The first kappa shape index (κ1) is 12.1. The Morgan fingerprint density at radius 2 is 2.18 bits per heavy atom. The van der Waals surface area contributed by atoms with Crippen LogP contribution in [0.15, 0.2) is 18.2 Å². The van der Waals surface area contributed by atoms with Crippen LogP contribution in [0.3, 0.4) is 0 Å². The van der Waals surface area contributed by atoms with E-state index in [1.54, 1.807) is 0 Å². The average molecular weight is 233 g/mol. The van der Waals surface area contributed by atoms with Gasteiger partial charge in [0.15, 0.2) is 0 Å². The Balaban J connectivity index is 2.54. The van der Waals surface area contributed by atoms with Gasteiger partial charge >= 0.3 is 5.97 Å². The number of carbonyl (C=O) groups is 1. The van der Waals surface area contributed by atoms with Crippen molar-refractivity contribution in [1.82, 2.24) is 0 Å². The monoisotopic (exact) mass is 233 g/mol. The molecule has 1 aliphatic heterocycles. The Morgan fingerprint density at radius 1 is 1.47 bits per heavy atom. The van der Waals surface area contributed by atoms with Gasteiger partial charge in [0, 0.05) is 13.0 Å². The van der Waals surface area contributed by atoms with E-state index in [-0.39, 0.29) is 5.97 Å². The predicted octanol–water partition coefficient (Wildman–Crippen LogP) is 2.24. The maximum Gasteiger partial charge on any atom is 0.339 e. The van der Waals surface area contributed by atoms with Crippen molar-refractivity contribution in [2.75, 3.05) is 6.54 Å². The Kier molecular flexibility index (Phi) is 2.96. The van der Waals surface area contributed by atoms with Crippen molar-refractivity contribution < 1.29 is 9.53 Å². The highest BCUT2D eigenvalue weighted by atomic mass is 16.6. The zero-order valence-electron chi connectivity index (χ0n) is 10.6. The Labute approximate surface area is 102 Å². The highest BCUT2D eigenvalue weighted by Gasteiger charge is 2.36. The Hall–Kier alpha value is -1.35. The minimum absolute atomic E-state index is 0.248. The van der Waals surface area contributed by atoms with Gasteiger partial charge in [-0.1, -0.05) is 26.0 Å². The van der Waals surface area contributed by atoms with Crippen LogP contribution in [-0.2, 0) is 11.2 Å². The van der Waals surface area contributed by atoms with Crippen molar-refractivity contribution in [2.45, 2.75) is 38.7 Å². The molecule has 1 atom stereocenters. The van der Waals surface area contributed by atoms with Crippen LogP contribution in [0.2, 0.25) is 0 Å². The number of hydrogen-bond donors (Lipinski definition) is 1. The standard InChI is InChI=1S/C14H19NO2/c1-9(2)10-5-4-6-11-12(10)7-14(3,8-15)17-13(11)16/h4-6,9H,7-8,15H2,1-3H3. The van der Waals surface area contributed by atoms with Crippen LogP contribution in [0.1, 0.15) is 48.2 Å². The molecule has 0 amide bonds. The number of benzene rings is 1. The lowest BCUT2D eigenvalue weighted by Crippen LogP contribution is -2.45. The molecule has 0 saturated heterocycles. The maximum atomic E-state index is 12.0. The van der Waals surface area contributed by atoms with Gasteiger partial charge in [-0.05, 0) is 30.0 Å². The van der Waals surface area contributed by atoms with Gasteiger partial charge in [0.2, 0.25) is 0 Å². The zero-order chi connectivity index (χ0) is 12.6. The first-order chi connectivity index (χ1) is 7.97. The molecule has 0 saturated carbocycles. The SMILES string of the molecule is CC(C)c1cccc2c1CC(C)(CN)OC2=O.